The van der Waals surface area contributed by atoms with Crippen molar-refractivity contribution in [2.45, 2.75) is 39.1 Å². The van der Waals surface area contributed by atoms with Crippen LogP contribution < -0.4 is 10.5 Å². The van der Waals surface area contributed by atoms with Gasteiger partial charge in [0, 0.05) is 17.6 Å². The van der Waals surface area contributed by atoms with E-state index in [1.54, 1.807) is 18.2 Å². The van der Waals surface area contributed by atoms with Crippen molar-refractivity contribution in [3.05, 3.63) is 28.2 Å². The Morgan fingerprint density at radius 3 is 2.45 bits per heavy atom. The van der Waals surface area contributed by atoms with Crippen LogP contribution in [0.5, 0.6) is 0 Å². The van der Waals surface area contributed by atoms with Crippen molar-refractivity contribution >= 4 is 26.0 Å². The first-order chi connectivity index (χ1) is 9.10. The van der Waals surface area contributed by atoms with Gasteiger partial charge in [0.15, 0.2) is 0 Å². The van der Waals surface area contributed by atoms with Crippen molar-refractivity contribution in [3.8, 4) is 0 Å². The third-order valence-electron chi connectivity index (χ3n) is 3.80. The van der Waals surface area contributed by atoms with Gasteiger partial charge < -0.3 is 5.73 Å². The topological polar surface area (TPSA) is 72.2 Å². The zero-order chi connectivity index (χ0) is 15.6. The van der Waals surface area contributed by atoms with E-state index in [2.05, 4.69) is 34.5 Å². The Morgan fingerprint density at radius 1 is 1.35 bits per heavy atom. The highest BCUT2D eigenvalue weighted by Crippen LogP contribution is 2.27. The minimum atomic E-state index is -3.54. The second-order valence-corrected chi connectivity index (χ2v) is 8.53. The van der Waals surface area contributed by atoms with E-state index in [0.717, 1.165) is 5.56 Å². The molecule has 3 N–H and O–H groups in total. The number of hydrogen-bond acceptors (Lipinski definition) is 3. The number of nitrogens with two attached hydrogens (primary N) is 1. The van der Waals surface area contributed by atoms with Crippen LogP contribution in [-0.2, 0) is 16.6 Å². The molecule has 0 aliphatic carbocycles. The van der Waals surface area contributed by atoms with Crippen LogP contribution in [0.2, 0.25) is 0 Å². The van der Waals surface area contributed by atoms with Gasteiger partial charge in [0.1, 0.15) is 0 Å². The third kappa shape index (κ3) is 4.28. The average Bonchev–Trinajstić information content (AvgIpc) is 2.37. The summed E-state index contributed by atoms with van der Waals surface area (Å²) in [6.45, 7) is 8.97. The Kier molecular flexibility index (Phi) is 5.78. The maximum absolute atomic E-state index is 12.4. The van der Waals surface area contributed by atoms with E-state index in [1.165, 1.54) is 0 Å². The Balaban J connectivity index is 3.00. The fourth-order valence-electron chi connectivity index (χ4n) is 1.44. The quantitative estimate of drug-likeness (QED) is 0.816. The lowest BCUT2D eigenvalue weighted by molar-refractivity contribution is 0.252. The van der Waals surface area contributed by atoms with Gasteiger partial charge in [0.05, 0.1) is 4.90 Å². The number of rotatable bonds is 6. The van der Waals surface area contributed by atoms with Crippen molar-refractivity contribution in [1.29, 1.82) is 0 Å². The van der Waals surface area contributed by atoms with E-state index in [9.17, 15) is 8.42 Å². The lowest BCUT2D eigenvalue weighted by atomic mass is 9.81. The largest absolute Gasteiger partial charge is 0.326 e. The maximum Gasteiger partial charge on any atom is 0.241 e. The summed E-state index contributed by atoms with van der Waals surface area (Å²) in [5, 5.41) is 0. The standard InChI is InChI=1S/C14H23BrN2O2S/c1-10(2)14(3,4)9-17-20(18,19)13-7-11(8-16)5-6-12(13)15/h5-7,10,17H,8-9,16H2,1-4H3. The highest BCUT2D eigenvalue weighted by molar-refractivity contribution is 9.10. The summed E-state index contributed by atoms with van der Waals surface area (Å²) in [6, 6.07) is 5.13. The smallest absolute Gasteiger partial charge is 0.241 e. The monoisotopic (exact) mass is 362 g/mol. The fourth-order valence-corrected chi connectivity index (χ4v) is 3.68. The Hall–Kier alpha value is -0.430. The van der Waals surface area contributed by atoms with Crippen LogP contribution in [-0.4, -0.2) is 15.0 Å². The van der Waals surface area contributed by atoms with E-state index in [-0.39, 0.29) is 10.3 Å². The zero-order valence-electron chi connectivity index (χ0n) is 12.4. The zero-order valence-corrected chi connectivity index (χ0v) is 14.8. The summed E-state index contributed by atoms with van der Waals surface area (Å²) < 4.78 is 28.1. The van der Waals surface area contributed by atoms with Gasteiger partial charge in [-0.25, -0.2) is 13.1 Å². The molecule has 0 bridgehead atoms. The second-order valence-electron chi connectivity index (χ2n) is 5.94. The molecule has 0 amide bonds. The van der Waals surface area contributed by atoms with Crippen LogP contribution in [0.4, 0.5) is 0 Å². The first kappa shape index (κ1) is 17.6. The van der Waals surface area contributed by atoms with Crippen LogP contribution in [0.15, 0.2) is 27.6 Å². The molecule has 6 heteroatoms. The van der Waals surface area contributed by atoms with Crippen molar-refractivity contribution in [1.82, 2.24) is 4.72 Å². The number of sulfonamides is 1. The van der Waals surface area contributed by atoms with Gasteiger partial charge in [-0.15, -0.1) is 0 Å². The maximum atomic E-state index is 12.4. The molecule has 0 radical (unpaired) electrons. The normalized spacial score (nSPS) is 12.9. The molecule has 0 aromatic heterocycles. The Morgan fingerprint density at radius 2 is 1.95 bits per heavy atom. The number of halogens is 1. The van der Waals surface area contributed by atoms with Gasteiger partial charge in [-0.2, -0.15) is 0 Å². The average molecular weight is 363 g/mol. The van der Waals surface area contributed by atoms with E-state index in [0.29, 0.717) is 23.5 Å². The number of nitrogens with one attached hydrogen (secondary N) is 1. The van der Waals surface area contributed by atoms with E-state index >= 15 is 0 Å². The SMILES string of the molecule is CC(C)C(C)(C)CNS(=O)(=O)c1cc(CN)ccc1Br. The molecular formula is C14H23BrN2O2S. The molecule has 1 aromatic rings. The summed E-state index contributed by atoms with van der Waals surface area (Å²) in [5.41, 5.74) is 6.25. The molecule has 1 rings (SSSR count). The molecule has 0 fully saturated rings. The molecule has 0 saturated heterocycles. The predicted molar refractivity (Wildman–Crippen MR) is 85.8 cm³/mol. The number of hydrogen-bond donors (Lipinski definition) is 2. The molecule has 0 atom stereocenters. The molecule has 20 heavy (non-hydrogen) atoms. The van der Waals surface area contributed by atoms with Crippen molar-refractivity contribution in [2.24, 2.45) is 17.1 Å². The van der Waals surface area contributed by atoms with Gasteiger partial charge >= 0.3 is 0 Å². The summed E-state index contributed by atoms with van der Waals surface area (Å²) in [4.78, 5) is 0.236. The number of benzene rings is 1. The van der Waals surface area contributed by atoms with Gasteiger partial charge in [-0.05, 0) is 45.0 Å². The Labute approximate surface area is 130 Å². The minimum Gasteiger partial charge on any atom is -0.326 e. The fraction of sp³-hybridized carbons (Fsp3) is 0.571. The first-order valence-corrected chi connectivity index (χ1v) is 8.86. The van der Waals surface area contributed by atoms with Crippen LogP contribution in [0, 0.1) is 11.3 Å². The third-order valence-corrected chi connectivity index (χ3v) is 6.20. The second kappa shape index (κ2) is 6.56. The van der Waals surface area contributed by atoms with Gasteiger partial charge in [-0.1, -0.05) is 33.8 Å². The molecule has 0 spiro atoms. The highest BCUT2D eigenvalue weighted by atomic mass is 79.9. The molecule has 0 aliphatic rings. The molecule has 4 nitrogen and oxygen atoms in total. The summed E-state index contributed by atoms with van der Waals surface area (Å²) >= 11 is 3.28. The lowest BCUT2D eigenvalue weighted by Gasteiger charge is -2.29. The van der Waals surface area contributed by atoms with Crippen LogP contribution in [0.1, 0.15) is 33.3 Å². The van der Waals surface area contributed by atoms with Crippen molar-refractivity contribution in [3.63, 3.8) is 0 Å². The van der Waals surface area contributed by atoms with Gasteiger partial charge in [0.2, 0.25) is 10.0 Å². The summed E-state index contributed by atoms with van der Waals surface area (Å²) in [7, 11) is -3.54. The van der Waals surface area contributed by atoms with Crippen LogP contribution in [0.3, 0.4) is 0 Å². The van der Waals surface area contributed by atoms with E-state index in [4.69, 9.17) is 5.73 Å². The lowest BCUT2D eigenvalue weighted by Crippen LogP contribution is -2.37. The molecule has 0 aliphatic heterocycles. The highest BCUT2D eigenvalue weighted by Gasteiger charge is 2.26. The molecule has 0 unspecified atom stereocenters. The summed E-state index contributed by atoms with van der Waals surface area (Å²) in [5.74, 6) is 0.379. The van der Waals surface area contributed by atoms with Gasteiger partial charge in [-0.3, -0.25) is 0 Å². The van der Waals surface area contributed by atoms with Gasteiger partial charge in [0.25, 0.3) is 0 Å². The van der Waals surface area contributed by atoms with E-state index < -0.39 is 10.0 Å². The molecular weight excluding hydrogens is 340 g/mol. The van der Waals surface area contributed by atoms with Crippen molar-refractivity contribution in [2.75, 3.05) is 6.54 Å². The van der Waals surface area contributed by atoms with Crippen molar-refractivity contribution < 1.29 is 8.42 Å². The Bertz CT molecular complexity index is 569. The van der Waals surface area contributed by atoms with E-state index in [1.807, 2.05) is 13.8 Å². The van der Waals surface area contributed by atoms with Crippen LogP contribution >= 0.6 is 15.9 Å². The molecule has 0 saturated carbocycles. The molecule has 114 valence electrons. The predicted octanol–water partition coefficient (Wildman–Crippen LogP) is 2.87. The summed E-state index contributed by atoms with van der Waals surface area (Å²) in [6.07, 6.45) is 0. The van der Waals surface area contributed by atoms with Crippen LogP contribution in [0.25, 0.3) is 0 Å². The molecule has 1 aromatic carbocycles. The first-order valence-electron chi connectivity index (χ1n) is 6.58. The molecule has 0 heterocycles. The minimum absolute atomic E-state index is 0.106.